The molecule has 0 aromatic heterocycles. The van der Waals surface area contributed by atoms with Crippen LogP contribution in [0.2, 0.25) is 5.02 Å². The first-order valence-corrected chi connectivity index (χ1v) is 11.9. The highest BCUT2D eigenvalue weighted by molar-refractivity contribution is 7.89. The molecule has 0 N–H and O–H groups in total. The van der Waals surface area contributed by atoms with E-state index in [-0.39, 0.29) is 28.6 Å². The van der Waals surface area contributed by atoms with Gasteiger partial charge in [0.1, 0.15) is 10.6 Å². The van der Waals surface area contributed by atoms with Gasteiger partial charge < -0.3 is 14.4 Å². The van der Waals surface area contributed by atoms with Crippen LogP contribution in [-0.2, 0) is 19.6 Å². The Balaban J connectivity index is 1.75. The number of methoxy groups -OCH3 is 1. The fourth-order valence-electron chi connectivity index (χ4n) is 4.20. The number of carbonyl (C=O) groups is 1. The summed E-state index contributed by atoms with van der Waals surface area (Å²) < 4.78 is 38.5. The SMILES string of the molecule is CCC(=O)N(C1CCOCC1)C1CCN(S(=O)(=O)c2cc(Cl)ccc2OC)CC1. The number of benzene rings is 1. The van der Waals surface area contributed by atoms with Crippen molar-refractivity contribution in [3.8, 4) is 5.75 Å². The normalized spacial score (nSPS) is 19.8. The Labute approximate surface area is 178 Å². The molecule has 0 spiro atoms. The van der Waals surface area contributed by atoms with Crippen LogP contribution in [0.15, 0.2) is 23.1 Å². The lowest BCUT2D eigenvalue weighted by molar-refractivity contribution is -0.139. The summed E-state index contributed by atoms with van der Waals surface area (Å²) in [4.78, 5) is 14.7. The lowest BCUT2D eigenvalue weighted by Crippen LogP contribution is -2.53. The molecule has 7 nitrogen and oxygen atoms in total. The predicted octanol–water partition coefficient (Wildman–Crippen LogP) is 2.92. The fraction of sp³-hybridized carbons (Fsp3) is 0.650. The van der Waals surface area contributed by atoms with Crippen molar-refractivity contribution in [1.29, 1.82) is 0 Å². The number of hydrogen-bond donors (Lipinski definition) is 0. The number of sulfonamides is 1. The Morgan fingerprint density at radius 2 is 1.83 bits per heavy atom. The Bertz CT molecular complexity index is 818. The van der Waals surface area contributed by atoms with Gasteiger partial charge in [-0.05, 0) is 43.9 Å². The third kappa shape index (κ3) is 4.87. The van der Waals surface area contributed by atoms with Gasteiger partial charge in [0.25, 0.3) is 0 Å². The van der Waals surface area contributed by atoms with Crippen molar-refractivity contribution in [1.82, 2.24) is 9.21 Å². The third-order valence-electron chi connectivity index (χ3n) is 5.73. The van der Waals surface area contributed by atoms with E-state index in [0.717, 1.165) is 12.8 Å². The number of hydrogen-bond acceptors (Lipinski definition) is 5. The van der Waals surface area contributed by atoms with Gasteiger partial charge >= 0.3 is 0 Å². The van der Waals surface area contributed by atoms with Gasteiger partial charge in [0.2, 0.25) is 15.9 Å². The second-order valence-corrected chi connectivity index (χ2v) is 9.77. The van der Waals surface area contributed by atoms with E-state index in [1.54, 1.807) is 12.1 Å². The Morgan fingerprint density at radius 1 is 1.21 bits per heavy atom. The molecule has 2 heterocycles. The molecule has 0 bridgehead atoms. The lowest BCUT2D eigenvalue weighted by Gasteiger charge is -2.43. The minimum Gasteiger partial charge on any atom is -0.495 e. The van der Waals surface area contributed by atoms with Crippen LogP contribution in [-0.4, -0.2) is 69.0 Å². The van der Waals surface area contributed by atoms with Crippen molar-refractivity contribution in [3.05, 3.63) is 23.2 Å². The maximum atomic E-state index is 13.2. The number of nitrogens with zero attached hydrogens (tertiary/aromatic N) is 2. The van der Waals surface area contributed by atoms with Crippen molar-refractivity contribution in [2.45, 2.75) is 56.0 Å². The first-order valence-electron chi connectivity index (χ1n) is 10.1. The van der Waals surface area contributed by atoms with Gasteiger partial charge in [-0.2, -0.15) is 4.31 Å². The number of amides is 1. The molecular formula is C20H29ClN2O5S. The number of piperidine rings is 1. The van der Waals surface area contributed by atoms with E-state index in [1.807, 2.05) is 11.8 Å². The summed E-state index contributed by atoms with van der Waals surface area (Å²) in [6, 6.07) is 4.83. The van der Waals surface area contributed by atoms with Gasteiger partial charge in [-0.3, -0.25) is 4.79 Å². The van der Waals surface area contributed by atoms with E-state index in [2.05, 4.69) is 0 Å². The number of halogens is 1. The molecular weight excluding hydrogens is 416 g/mol. The van der Waals surface area contributed by atoms with Crippen molar-refractivity contribution in [2.75, 3.05) is 33.4 Å². The van der Waals surface area contributed by atoms with E-state index in [4.69, 9.17) is 21.1 Å². The van der Waals surface area contributed by atoms with E-state index in [9.17, 15) is 13.2 Å². The highest BCUT2D eigenvalue weighted by atomic mass is 35.5. The van der Waals surface area contributed by atoms with Crippen LogP contribution < -0.4 is 4.74 Å². The first-order chi connectivity index (χ1) is 13.9. The Kier molecular flexibility index (Phi) is 7.42. The first kappa shape index (κ1) is 22.3. The van der Waals surface area contributed by atoms with Gasteiger partial charge in [-0.15, -0.1) is 0 Å². The Hall–Kier alpha value is -1.35. The summed E-state index contributed by atoms with van der Waals surface area (Å²) >= 11 is 6.03. The molecule has 3 rings (SSSR count). The standard InChI is InChI=1S/C20H29ClN2O5S/c1-3-20(24)23(17-8-12-28-13-9-17)16-6-10-22(11-7-16)29(25,26)19-14-15(21)4-5-18(19)27-2/h4-5,14,16-17H,3,6-13H2,1-2H3. The molecule has 29 heavy (non-hydrogen) atoms. The van der Waals surface area contributed by atoms with E-state index in [0.29, 0.717) is 50.6 Å². The number of carbonyl (C=O) groups excluding carboxylic acids is 1. The van der Waals surface area contributed by atoms with Crippen LogP contribution in [0.5, 0.6) is 5.75 Å². The van der Waals surface area contributed by atoms with E-state index in [1.165, 1.54) is 17.5 Å². The summed E-state index contributed by atoms with van der Waals surface area (Å²) in [7, 11) is -2.29. The smallest absolute Gasteiger partial charge is 0.246 e. The second-order valence-electron chi connectivity index (χ2n) is 7.43. The highest BCUT2D eigenvalue weighted by Crippen LogP contribution is 2.32. The molecule has 0 unspecified atom stereocenters. The van der Waals surface area contributed by atoms with Gasteiger partial charge in [0, 0.05) is 49.8 Å². The minimum absolute atomic E-state index is 0.0539. The zero-order chi connectivity index (χ0) is 21.0. The van der Waals surface area contributed by atoms with E-state index < -0.39 is 10.0 Å². The van der Waals surface area contributed by atoms with Gasteiger partial charge in [0.05, 0.1) is 7.11 Å². The number of rotatable bonds is 6. The molecule has 1 aromatic rings. The highest BCUT2D eigenvalue weighted by Gasteiger charge is 2.37. The lowest BCUT2D eigenvalue weighted by atomic mass is 9.98. The van der Waals surface area contributed by atoms with Crippen LogP contribution in [0.25, 0.3) is 0 Å². The molecule has 9 heteroatoms. The molecule has 2 saturated heterocycles. The number of ether oxygens (including phenoxy) is 2. The quantitative estimate of drug-likeness (QED) is 0.674. The topological polar surface area (TPSA) is 76.2 Å². The molecule has 2 aliphatic heterocycles. The monoisotopic (exact) mass is 444 g/mol. The molecule has 2 aliphatic rings. The average molecular weight is 445 g/mol. The maximum absolute atomic E-state index is 13.2. The Morgan fingerprint density at radius 3 is 2.41 bits per heavy atom. The van der Waals surface area contributed by atoms with Crippen molar-refractivity contribution < 1.29 is 22.7 Å². The molecule has 0 aliphatic carbocycles. The molecule has 1 aromatic carbocycles. The zero-order valence-electron chi connectivity index (χ0n) is 17.0. The summed E-state index contributed by atoms with van der Waals surface area (Å²) in [6.07, 6.45) is 3.36. The second kappa shape index (κ2) is 9.64. The molecule has 2 fully saturated rings. The van der Waals surface area contributed by atoms with Crippen molar-refractivity contribution in [3.63, 3.8) is 0 Å². The third-order valence-corrected chi connectivity index (χ3v) is 7.89. The molecule has 0 atom stereocenters. The van der Waals surface area contributed by atoms with Crippen LogP contribution in [0.1, 0.15) is 39.0 Å². The maximum Gasteiger partial charge on any atom is 0.246 e. The van der Waals surface area contributed by atoms with E-state index >= 15 is 0 Å². The van der Waals surface area contributed by atoms with Gasteiger partial charge in [-0.1, -0.05) is 18.5 Å². The van der Waals surface area contributed by atoms with Crippen LogP contribution in [0.3, 0.4) is 0 Å². The molecule has 1 amide bonds. The summed E-state index contributed by atoms with van der Waals surface area (Å²) in [5, 5.41) is 0.346. The summed E-state index contributed by atoms with van der Waals surface area (Å²) in [5.74, 6) is 0.413. The van der Waals surface area contributed by atoms with Crippen molar-refractivity contribution >= 4 is 27.5 Å². The largest absolute Gasteiger partial charge is 0.495 e. The summed E-state index contributed by atoms with van der Waals surface area (Å²) in [5.41, 5.74) is 0. The van der Waals surface area contributed by atoms with Crippen LogP contribution in [0, 0.1) is 0 Å². The molecule has 162 valence electrons. The minimum atomic E-state index is -3.73. The zero-order valence-corrected chi connectivity index (χ0v) is 18.5. The van der Waals surface area contributed by atoms with Crippen LogP contribution >= 0.6 is 11.6 Å². The summed E-state index contributed by atoms with van der Waals surface area (Å²) in [6.45, 7) is 3.93. The average Bonchev–Trinajstić information content (AvgIpc) is 2.75. The van der Waals surface area contributed by atoms with Gasteiger partial charge in [0.15, 0.2) is 0 Å². The van der Waals surface area contributed by atoms with Gasteiger partial charge in [-0.25, -0.2) is 8.42 Å². The van der Waals surface area contributed by atoms with Crippen LogP contribution in [0.4, 0.5) is 0 Å². The molecule has 0 radical (unpaired) electrons. The fourth-order valence-corrected chi connectivity index (χ4v) is 6.09. The molecule has 0 saturated carbocycles. The van der Waals surface area contributed by atoms with Crippen molar-refractivity contribution in [2.24, 2.45) is 0 Å². The predicted molar refractivity (Wildman–Crippen MR) is 111 cm³/mol.